The van der Waals surface area contributed by atoms with Gasteiger partial charge >= 0.3 is 0 Å². The van der Waals surface area contributed by atoms with Gasteiger partial charge in [0.15, 0.2) is 0 Å². The third-order valence-electron chi connectivity index (χ3n) is 3.38. The first-order valence-corrected chi connectivity index (χ1v) is 6.87. The number of amides is 1. The van der Waals surface area contributed by atoms with Gasteiger partial charge in [0.1, 0.15) is 0 Å². The van der Waals surface area contributed by atoms with Gasteiger partial charge in [-0.3, -0.25) is 4.79 Å². The summed E-state index contributed by atoms with van der Waals surface area (Å²) in [6.07, 6.45) is -0.102. The zero-order valence-electron chi connectivity index (χ0n) is 11.0. The molecule has 0 aliphatic carbocycles. The van der Waals surface area contributed by atoms with Crippen molar-refractivity contribution in [2.75, 3.05) is 19.6 Å². The molecule has 0 spiro atoms. The fourth-order valence-electron chi connectivity index (χ4n) is 2.26. The molecular formula is C14H19ClN2O2. The van der Waals surface area contributed by atoms with Gasteiger partial charge in [-0.25, -0.2) is 0 Å². The summed E-state index contributed by atoms with van der Waals surface area (Å²) in [5.41, 5.74) is 0.921. The molecule has 1 amide bonds. The molecule has 0 bridgehead atoms. The Morgan fingerprint density at radius 1 is 1.63 bits per heavy atom. The third kappa shape index (κ3) is 3.93. The fourth-order valence-corrected chi connectivity index (χ4v) is 2.47. The van der Waals surface area contributed by atoms with Crippen LogP contribution in [0.4, 0.5) is 0 Å². The lowest BCUT2D eigenvalue weighted by atomic mass is 10.1. The Hall–Kier alpha value is -1.10. The molecule has 1 heterocycles. The summed E-state index contributed by atoms with van der Waals surface area (Å²) in [4.78, 5) is 14.0. The fraction of sp³-hybridized carbons (Fsp3) is 0.500. The number of halogens is 1. The normalized spacial score (nSPS) is 21.2. The maximum Gasteiger partial charge on any atom is 0.227 e. The number of nitrogens with one attached hydrogen (secondary N) is 1. The van der Waals surface area contributed by atoms with E-state index >= 15 is 0 Å². The Kier molecular flexibility index (Phi) is 4.80. The van der Waals surface area contributed by atoms with E-state index < -0.39 is 6.10 Å². The van der Waals surface area contributed by atoms with E-state index in [1.165, 1.54) is 0 Å². The monoisotopic (exact) mass is 282 g/mol. The van der Waals surface area contributed by atoms with Crippen LogP contribution < -0.4 is 5.32 Å². The highest BCUT2D eigenvalue weighted by Crippen LogP contribution is 2.13. The Bertz CT molecular complexity index is 451. The molecule has 0 saturated carbocycles. The van der Waals surface area contributed by atoms with E-state index in [9.17, 15) is 9.90 Å². The Labute approximate surface area is 118 Å². The number of benzene rings is 1. The van der Waals surface area contributed by atoms with Crippen LogP contribution in [0, 0.1) is 0 Å². The van der Waals surface area contributed by atoms with Crippen LogP contribution in [0.1, 0.15) is 12.5 Å². The Morgan fingerprint density at radius 3 is 3.11 bits per heavy atom. The molecule has 0 radical (unpaired) electrons. The molecule has 2 N–H and O–H groups in total. The van der Waals surface area contributed by atoms with Gasteiger partial charge in [0, 0.05) is 24.7 Å². The van der Waals surface area contributed by atoms with E-state index in [2.05, 4.69) is 5.32 Å². The van der Waals surface area contributed by atoms with Crippen molar-refractivity contribution in [3.05, 3.63) is 34.9 Å². The molecule has 1 aromatic carbocycles. The lowest BCUT2D eigenvalue weighted by Crippen LogP contribution is -2.56. The number of nitrogens with zero attached hydrogens (tertiary/aromatic N) is 1. The first-order chi connectivity index (χ1) is 9.06. The highest BCUT2D eigenvalue weighted by atomic mass is 35.5. The average molecular weight is 283 g/mol. The number of aliphatic hydroxyl groups is 1. The van der Waals surface area contributed by atoms with Crippen molar-refractivity contribution in [1.29, 1.82) is 0 Å². The summed E-state index contributed by atoms with van der Waals surface area (Å²) in [6, 6.07) is 7.31. The zero-order valence-corrected chi connectivity index (χ0v) is 11.7. The largest absolute Gasteiger partial charge is 0.392 e. The molecule has 1 aliphatic heterocycles. The topological polar surface area (TPSA) is 52.6 Å². The van der Waals surface area contributed by atoms with Crippen molar-refractivity contribution in [3.63, 3.8) is 0 Å². The van der Waals surface area contributed by atoms with Crippen molar-refractivity contribution >= 4 is 17.5 Å². The number of carbonyl (C=O) groups excluding carboxylic acids is 1. The van der Waals surface area contributed by atoms with Gasteiger partial charge in [0.2, 0.25) is 5.91 Å². The summed E-state index contributed by atoms with van der Waals surface area (Å²) < 4.78 is 0. The van der Waals surface area contributed by atoms with Crippen molar-refractivity contribution in [2.45, 2.75) is 25.5 Å². The average Bonchev–Trinajstić information content (AvgIpc) is 2.39. The first kappa shape index (κ1) is 14.3. The zero-order chi connectivity index (χ0) is 13.8. The molecule has 104 valence electrons. The molecule has 19 heavy (non-hydrogen) atoms. The molecule has 1 saturated heterocycles. The summed E-state index contributed by atoms with van der Waals surface area (Å²) in [5.74, 6) is 0.0782. The molecule has 0 aromatic heterocycles. The lowest BCUT2D eigenvalue weighted by Gasteiger charge is -2.35. The molecule has 1 fully saturated rings. The second-order valence-corrected chi connectivity index (χ2v) is 5.38. The molecule has 1 aromatic rings. The van der Waals surface area contributed by atoms with Crippen molar-refractivity contribution in [1.82, 2.24) is 10.2 Å². The molecular weight excluding hydrogens is 264 g/mol. The summed E-state index contributed by atoms with van der Waals surface area (Å²) in [6.45, 7) is 3.69. The van der Waals surface area contributed by atoms with Crippen molar-refractivity contribution in [3.8, 4) is 0 Å². The minimum absolute atomic E-state index is 0.0444. The minimum Gasteiger partial charge on any atom is -0.392 e. The molecule has 2 atom stereocenters. The quantitative estimate of drug-likeness (QED) is 0.872. The summed E-state index contributed by atoms with van der Waals surface area (Å²) in [5, 5.41) is 13.4. The first-order valence-electron chi connectivity index (χ1n) is 6.50. The Morgan fingerprint density at radius 2 is 2.42 bits per heavy atom. The number of hydrogen-bond donors (Lipinski definition) is 2. The standard InChI is InChI=1S/C14H19ClN2O2/c1-10(18)13-9-17(6-5-16-13)14(19)8-11-3-2-4-12(15)7-11/h2-4,7,10,13,16,18H,5-6,8-9H2,1H3. The van der Waals surface area contributed by atoms with E-state index in [1.54, 1.807) is 17.9 Å². The van der Waals surface area contributed by atoms with E-state index in [1.807, 2.05) is 18.2 Å². The molecule has 4 nitrogen and oxygen atoms in total. The van der Waals surface area contributed by atoms with Crippen LogP contribution in [0.15, 0.2) is 24.3 Å². The van der Waals surface area contributed by atoms with E-state index in [4.69, 9.17) is 11.6 Å². The predicted octanol–water partition coefficient (Wildman–Crippen LogP) is 1.06. The van der Waals surface area contributed by atoms with Gasteiger partial charge in [-0.05, 0) is 24.6 Å². The second kappa shape index (κ2) is 6.37. The number of hydrogen-bond acceptors (Lipinski definition) is 3. The summed E-state index contributed by atoms with van der Waals surface area (Å²) in [7, 11) is 0. The minimum atomic E-state index is -0.457. The molecule has 2 unspecified atom stereocenters. The molecule has 1 aliphatic rings. The number of carbonyl (C=O) groups is 1. The number of aliphatic hydroxyl groups excluding tert-OH is 1. The number of piperazine rings is 1. The second-order valence-electron chi connectivity index (χ2n) is 4.95. The van der Waals surface area contributed by atoms with Gasteiger partial charge in [0.25, 0.3) is 0 Å². The van der Waals surface area contributed by atoms with Gasteiger partial charge in [-0.1, -0.05) is 23.7 Å². The van der Waals surface area contributed by atoms with Gasteiger partial charge in [0.05, 0.1) is 18.6 Å². The predicted molar refractivity (Wildman–Crippen MR) is 75.2 cm³/mol. The van der Waals surface area contributed by atoms with Crippen molar-refractivity contribution < 1.29 is 9.90 Å². The smallest absolute Gasteiger partial charge is 0.227 e. The van der Waals surface area contributed by atoms with Crippen molar-refractivity contribution in [2.24, 2.45) is 0 Å². The van der Waals surface area contributed by atoms with E-state index in [0.29, 0.717) is 24.5 Å². The highest BCUT2D eigenvalue weighted by molar-refractivity contribution is 6.30. The SMILES string of the molecule is CC(O)C1CN(C(=O)Cc2cccc(Cl)c2)CCN1. The van der Waals surface area contributed by atoms with E-state index in [0.717, 1.165) is 12.1 Å². The van der Waals surface area contributed by atoms with Crippen LogP contribution in [-0.2, 0) is 11.2 Å². The van der Waals surface area contributed by atoms with E-state index in [-0.39, 0.29) is 11.9 Å². The third-order valence-corrected chi connectivity index (χ3v) is 3.62. The van der Waals surface area contributed by atoms with Crippen LogP contribution >= 0.6 is 11.6 Å². The van der Waals surface area contributed by atoms with Crippen LogP contribution in [0.2, 0.25) is 5.02 Å². The maximum atomic E-state index is 12.2. The van der Waals surface area contributed by atoms with Crippen LogP contribution in [0.3, 0.4) is 0 Å². The highest BCUT2D eigenvalue weighted by Gasteiger charge is 2.25. The van der Waals surface area contributed by atoms with Gasteiger partial charge in [-0.15, -0.1) is 0 Å². The Balaban J connectivity index is 1.96. The molecule has 5 heteroatoms. The summed E-state index contributed by atoms with van der Waals surface area (Å²) >= 11 is 5.91. The van der Waals surface area contributed by atoms with Gasteiger partial charge in [-0.2, -0.15) is 0 Å². The van der Waals surface area contributed by atoms with Gasteiger partial charge < -0.3 is 15.3 Å². The van der Waals surface area contributed by atoms with Crippen LogP contribution in [0.5, 0.6) is 0 Å². The number of rotatable bonds is 3. The maximum absolute atomic E-state index is 12.2. The van der Waals surface area contributed by atoms with Crippen LogP contribution in [-0.4, -0.2) is 47.7 Å². The molecule has 2 rings (SSSR count). The van der Waals surface area contributed by atoms with Crippen LogP contribution in [0.25, 0.3) is 0 Å². The lowest BCUT2D eigenvalue weighted by molar-refractivity contribution is -0.132.